The molecule has 0 saturated heterocycles. The second kappa shape index (κ2) is 6.52. The number of halogens is 1. The average Bonchev–Trinajstić information content (AvgIpc) is 2.38. The van der Waals surface area contributed by atoms with Crippen molar-refractivity contribution in [3.63, 3.8) is 0 Å². The lowest BCUT2D eigenvalue weighted by Gasteiger charge is -2.11. The first-order valence-corrected chi connectivity index (χ1v) is 5.46. The number of aromatic carboxylic acids is 1. The Labute approximate surface area is 114 Å². The number of rotatable bonds is 4. The number of carbonyl (C=O) groups is 2. The van der Waals surface area contributed by atoms with E-state index in [2.05, 4.69) is 16.6 Å². The lowest BCUT2D eigenvalue weighted by Crippen LogP contribution is -2.29. The fraction of sp³-hybridized carbons (Fsp3) is 0.167. The average molecular weight is 283 g/mol. The van der Waals surface area contributed by atoms with E-state index in [-0.39, 0.29) is 28.6 Å². The van der Waals surface area contributed by atoms with Gasteiger partial charge in [-0.15, -0.1) is 6.42 Å². The van der Waals surface area contributed by atoms with E-state index in [9.17, 15) is 9.59 Å². The number of nitrogens with one attached hydrogen (secondary N) is 2. The number of carbonyl (C=O) groups excluding carboxylic acids is 1. The van der Waals surface area contributed by atoms with Crippen molar-refractivity contribution in [2.75, 3.05) is 19.0 Å². The molecule has 0 fully saturated rings. The van der Waals surface area contributed by atoms with Gasteiger partial charge in [0.25, 0.3) is 0 Å². The number of methoxy groups -OCH3 is 1. The summed E-state index contributed by atoms with van der Waals surface area (Å²) in [5.74, 6) is 1.15. The minimum atomic E-state index is -1.18. The van der Waals surface area contributed by atoms with Crippen LogP contribution in [0.2, 0.25) is 5.02 Å². The summed E-state index contributed by atoms with van der Waals surface area (Å²) in [6.07, 6.45) is 5.00. The highest BCUT2D eigenvalue weighted by Gasteiger charge is 2.15. The van der Waals surface area contributed by atoms with Crippen molar-refractivity contribution in [2.24, 2.45) is 0 Å². The summed E-state index contributed by atoms with van der Waals surface area (Å²) in [4.78, 5) is 22.4. The zero-order chi connectivity index (χ0) is 14.4. The third kappa shape index (κ3) is 3.79. The Bertz CT molecular complexity index is 551. The molecule has 6 nitrogen and oxygen atoms in total. The van der Waals surface area contributed by atoms with E-state index in [1.54, 1.807) is 0 Å². The topological polar surface area (TPSA) is 87.7 Å². The third-order valence-electron chi connectivity index (χ3n) is 2.12. The van der Waals surface area contributed by atoms with E-state index < -0.39 is 12.0 Å². The standard InChI is InChI=1S/C12H11ClN2O4/c1-3-4-14-12(18)15-9-6-10(19-2)7(11(16)17)5-8(9)13/h1,5-6H,4H2,2H3,(H,16,17)(H2,14,15,18). The number of ether oxygens (including phenoxy) is 1. The number of benzene rings is 1. The van der Waals surface area contributed by atoms with Crippen LogP contribution in [0.1, 0.15) is 10.4 Å². The van der Waals surface area contributed by atoms with Gasteiger partial charge in [-0.1, -0.05) is 17.5 Å². The predicted octanol–water partition coefficient (Wildman–Crippen LogP) is 1.80. The molecule has 1 aromatic carbocycles. The number of carboxylic acid groups (broad SMARTS) is 1. The highest BCUT2D eigenvalue weighted by molar-refractivity contribution is 6.34. The monoisotopic (exact) mass is 282 g/mol. The maximum atomic E-state index is 11.4. The summed E-state index contributed by atoms with van der Waals surface area (Å²) in [5, 5.41) is 13.8. The molecule has 100 valence electrons. The molecule has 0 heterocycles. The smallest absolute Gasteiger partial charge is 0.339 e. The van der Waals surface area contributed by atoms with Crippen molar-refractivity contribution in [2.45, 2.75) is 0 Å². The Morgan fingerprint density at radius 1 is 1.53 bits per heavy atom. The fourth-order valence-electron chi connectivity index (χ4n) is 1.28. The van der Waals surface area contributed by atoms with Gasteiger partial charge in [-0.2, -0.15) is 0 Å². The molecule has 1 aromatic rings. The number of anilines is 1. The highest BCUT2D eigenvalue weighted by atomic mass is 35.5. The van der Waals surface area contributed by atoms with Crippen molar-refractivity contribution < 1.29 is 19.4 Å². The summed E-state index contributed by atoms with van der Waals surface area (Å²) in [6.45, 7) is 0.0633. The SMILES string of the molecule is C#CCNC(=O)Nc1cc(OC)c(C(=O)O)cc1Cl. The van der Waals surface area contributed by atoms with Crippen LogP contribution in [0, 0.1) is 12.3 Å². The van der Waals surface area contributed by atoms with Gasteiger partial charge in [0.05, 0.1) is 24.4 Å². The molecule has 7 heteroatoms. The number of hydrogen-bond donors (Lipinski definition) is 3. The summed E-state index contributed by atoms with van der Waals surface area (Å²) >= 11 is 5.88. The molecule has 0 aliphatic carbocycles. The number of terminal acetylenes is 1. The zero-order valence-corrected chi connectivity index (χ0v) is 10.7. The van der Waals surface area contributed by atoms with E-state index in [0.29, 0.717) is 0 Å². The van der Waals surface area contributed by atoms with Crippen LogP contribution in [0.25, 0.3) is 0 Å². The van der Waals surface area contributed by atoms with E-state index in [4.69, 9.17) is 27.9 Å². The Morgan fingerprint density at radius 2 is 2.21 bits per heavy atom. The molecular formula is C12H11ClN2O4. The highest BCUT2D eigenvalue weighted by Crippen LogP contribution is 2.30. The van der Waals surface area contributed by atoms with Gasteiger partial charge in [0.2, 0.25) is 0 Å². The number of amides is 2. The number of urea groups is 1. The fourth-order valence-corrected chi connectivity index (χ4v) is 1.49. The minimum Gasteiger partial charge on any atom is -0.496 e. The minimum absolute atomic E-state index is 0.0633. The molecule has 0 aromatic heterocycles. The number of carboxylic acids is 1. The summed E-state index contributed by atoms with van der Waals surface area (Å²) in [5.41, 5.74) is 0.125. The van der Waals surface area contributed by atoms with E-state index in [1.165, 1.54) is 19.2 Å². The Hall–Kier alpha value is -2.39. The maximum Gasteiger partial charge on any atom is 0.339 e. The second-order valence-corrected chi connectivity index (χ2v) is 3.76. The first-order valence-electron chi connectivity index (χ1n) is 5.08. The molecule has 0 saturated carbocycles. The predicted molar refractivity (Wildman–Crippen MR) is 70.8 cm³/mol. The van der Waals surface area contributed by atoms with Gasteiger partial charge in [0, 0.05) is 6.07 Å². The lowest BCUT2D eigenvalue weighted by atomic mass is 10.2. The van der Waals surface area contributed by atoms with Gasteiger partial charge >= 0.3 is 12.0 Å². The molecule has 0 spiro atoms. The van der Waals surface area contributed by atoms with Crippen LogP contribution in [0.15, 0.2) is 12.1 Å². The molecule has 0 atom stereocenters. The molecule has 0 unspecified atom stereocenters. The quantitative estimate of drug-likeness (QED) is 0.735. The van der Waals surface area contributed by atoms with Gasteiger partial charge < -0.3 is 20.5 Å². The van der Waals surface area contributed by atoms with E-state index in [1.807, 2.05) is 0 Å². The van der Waals surface area contributed by atoms with Gasteiger partial charge in [0.1, 0.15) is 11.3 Å². The second-order valence-electron chi connectivity index (χ2n) is 3.35. The first-order chi connectivity index (χ1) is 8.99. The van der Waals surface area contributed by atoms with Crippen LogP contribution < -0.4 is 15.4 Å². The Morgan fingerprint density at radius 3 is 2.74 bits per heavy atom. The Balaban J connectivity index is 3.00. The summed E-state index contributed by atoms with van der Waals surface area (Å²) < 4.78 is 4.92. The molecule has 0 bridgehead atoms. The van der Waals surface area contributed by atoms with Crippen molar-refractivity contribution in [3.05, 3.63) is 22.7 Å². The number of hydrogen-bond acceptors (Lipinski definition) is 3. The van der Waals surface area contributed by atoms with Crippen LogP contribution in [0.5, 0.6) is 5.75 Å². The first kappa shape index (κ1) is 14.7. The summed E-state index contributed by atoms with van der Waals surface area (Å²) in [7, 11) is 1.32. The van der Waals surface area contributed by atoms with E-state index >= 15 is 0 Å². The van der Waals surface area contributed by atoms with Crippen LogP contribution in [0.3, 0.4) is 0 Å². The molecule has 0 aliphatic heterocycles. The van der Waals surface area contributed by atoms with Crippen LogP contribution >= 0.6 is 11.6 Å². The molecule has 1 rings (SSSR count). The van der Waals surface area contributed by atoms with E-state index in [0.717, 1.165) is 0 Å². The van der Waals surface area contributed by atoms with Crippen molar-refractivity contribution in [1.82, 2.24) is 5.32 Å². The van der Waals surface area contributed by atoms with Crippen molar-refractivity contribution in [3.8, 4) is 18.1 Å². The molecule has 19 heavy (non-hydrogen) atoms. The largest absolute Gasteiger partial charge is 0.496 e. The lowest BCUT2D eigenvalue weighted by molar-refractivity contribution is 0.0693. The molecule has 2 amide bonds. The van der Waals surface area contributed by atoms with Crippen molar-refractivity contribution in [1.29, 1.82) is 0 Å². The molecule has 3 N–H and O–H groups in total. The maximum absolute atomic E-state index is 11.4. The third-order valence-corrected chi connectivity index (χ3v) is 2.43. The van der Waals surface area contributed by atoms with Crippen LogP contribution in [-0.4, -0.2) is 30.8 Å². The van der Waals surface area contributed by atoms with Crippen LogP contribution in [0.4, 0.5) is 10.5 Å². The summed E-state index contributed by atoms with van der Waals surface area (Å²) in [6, 6.07) is 1.96. The van der Waals surface area contributed by atoms with Crippen LogP contribution in [-0.2, 0) is 0 Å². The normalized spacial score (nSPS) is 9.32. The zero-order valence-electron chi connectivity index (χ0n) is 9.99. The van der Waals surface area contributed by atoms with Gasteiger partial charge in [0.15, 0.2) is 0 Å². The molecule has 0 radical (unpaired) electrons. The molecular weight excluding hydrogens is 272 g/mol. The van der Waals surface area contributed by atoms with Gasteiger partial charge in [-0.05, 0) is 6.07 Å². The molecule has 0 aliphatic rings. The van der Waals surface area contributed by atoms with Gasteiger partial charge in [-0.25, -0.2) is 9.59 Å². The van der Waals surface area contributed by atoms with Gasteiger partial charge in [-0.3, -0.25) is 0 Å². The van der Waals surface area contributed by atoms with Crippen molar-refractivity contribution >= 4 is 29.3 Å². The Kier molecular flexibility index (Phi) is 5.03.